The average molecular weight is 337 g/mol. The summed E-state index contributed by atoms with van der Waals surface area (Å²) in [5.74, 6) is 0. The number of nitrogens with zero attached hydrogens (tertiary/aromatic N) is 1. The lowest BCUT2D eigenvalue weighted by atomic mass is 10.2. The number of hydrogen-bond acceptors (Lipinski definition) is 3. The van der Waals surface area contributed by atoms with E-state index in [2.05, 4.69) is 31.9 Å². The summed E-state index contributed by atoms with van der Waals surface area (Å²) in [5, 5.41) is 13.7. The van der Waals surface area contributed by atoms with E-state index in [1.165, 1.54) is 11.3 Å². The number of benzene rings is 1. The summed E-state index contributed by atoms with van der Waals surface area (Å²) in [4.78, 5) is 10.4. The second-order valence-electron chi connectivity index (χ2n) is 2.62. The summed E-state index contributed by atoms with van der Waals surface area (Å²) in [5.41, 5.74) is 0.0833. The highest BCUT2D eigenvalue weighted by Gasteiger charge is 2.20. The molecule has 0 N–H and O–H groups in total. The number of thiophene rings is 1. The maximum atomic E-state index is 10.8. The predicted molar refractivity (Wildman–Crippen MR) is 63.9 cm³/mol. The van der Waals surface area contributed by atoms with Gasteiger partial charge in [0.25, 0.3) is 5.69 Å². The normalized spacial score (nSPS) is 10.7. The number of halogens is 2. The minimum absolute atomic E-state index is 0.0833. The Labute approximate surface area is 100 Å². The summed E-state index contributed by atoms with van der Waals surface area (Å²) >= 11 is 7.92. The third-order valence-electron chi connectivity index (χ3n) is 1.79. The molecule has 0 amide bonds. The van der Waals surface area contributed by atoms with Crippen LogP contribution in [0.3, 0.4) is 0 Å². The number of hydrogen-bond donors (Lipinski definition) is 0. The van der Waals surface area contributed by atoms with E-state index < -0.39 is 4.92 Å². The largest absolute Gasteiger partial charge is 0.299 e. The third-order valence-corrected chi connectivity index (χ3v) is 4.38. The van der Waals surface area contributed by atoms with Crippen LogP contribution < -0.4 is 0 Å². The van der Waals surface area contributed by atoms with Crippen molar-refractivity contribution in [2.75, 3.05) is 0 Å². The average Bonchev–Trinajstić information content (AvgIpc) is 2.50. The van der Waals surface area contributed by atoms with E-state index in [1.54, 1.807) is 6.07 Å². The summed E-state index contributed by atoms with van der Waals surface area (Å²) in [6.45, 7) is 0. The van der Waals surface area contributed by atoms with Gasteiger partial charge >= 0.3 is 0 Å². The van der Waals surface area contributed by atoms with Gasteiger partial charge in [0, 0.05) is 0 Å². The maximum absolute atomic E-state index is 10.8. The Morgan fingerprint density at radius 1 is 1.43 bits per heavy atom. The van der Waals surface area contributed by atoms with Crippen molar-refractivity contribution in [1.82, 2.24) is 0 Å². The number of rotatable bonds is 1. The van der Waals surface area contributed by atoms with E-state index in [-0.39, 0.29) is 5.69 Å². The molecule has 0 unspecified atom stereocenters. The van der Waals surface area contributed by atoms with Gasteiger partial charge in [-0.25, -0.2) is 0 Å². The lowest BCUT2D eigenvalue weighted by Gasteiger charge is -1.99. The fourth-order valence-corrected chi connectivity index (χ4v) is 3.73. The van der Waals surface area contributed by atoms with Gasteiger partial charge in [-0.2, -0.15) is 0 Å². The van der Waals surface area contributed by atoms with E-state index in [4.69, 9.17) is 0 Å². The van der Waals surface area contributed by atoms with Crippen LogP contribution in [0.2, 0.25) is 0 Å². The van der Waals surface area contributed by atoms with Crippen molar-refractivity contribution >= 4 is 59.0 Å². The second kappa shape index (κ2) is 3.60. The molecule has 14 heavy (non-hydrogen) atoms. The Kier molecular flexibility index (Phi) is 2.59. The Bertz CT molecular complexity index is 523. The van der Waals surface area contributed by atoms with Gasteiger partial charge in [0.15, 0.2) is 0 Å². The Balaban J connectivity index is 2.89. The standard InChI is InChI=1S/C8H3Br2NO2S/c9-5-3-4-1-2-14-8(4)6(10)7(5)11(12)13/h1-3H. The van der Waals surface area contributed by atoms with Crippen molar-refractivity contribution in [2.45, 2.75) is 0 Å². The lowest BCUT2D eigenvalue weighted by Crippen LogP contribution is -1.90. The van der Waals surface area contributed by atoms with Crippen molar-refractivity contribution in [3.05, 3.63) is 36.6 Å². The molecule has 0 bridgehead atoms. The first-order valence-electron chi connectivity index (χ1n) is 3.61. The Morgan fingerprint density at radius 2 is 2.14 bits per heavy atom. The van der Waals surface area contributed by atoms with Crippen molar-refractivity contribution in [1.29, 1.82) is 0 Å². The first kappa shape index (κ1) is 10.1. The smallest absolute Gasteiger partial charge is 0.258 e. The van der Waals surface area contributed by atoms with Gasteiger partial charge in [-0.3, -0.25) is 10.1 Å². The number of nitro benzene ring substituents is 1. The van der Waals surface area contributed by atoms with Crippen molar-refractivity contribution in [3.8, 4) is 0 Å². The summed E-state index contributed by atoms with van der Waals surface area (Å²) in [6, 6.07) is 3.69. The highest BCUT2D eigenvalue weighted by Crippen LogP contribution is 2.41. The molecule has 3 nitrogen and oxygen atoms in total. The molecule has 0 fully saturated rings. The van der Waals surface area contributed by atoms with Crippen LogP contribution in [-0.4, -0.2) is 4.92 Å². The molecule has 0 radical (unpaired) electrons. The molecule has 1 heterocycles. The van der Waals surface area contributed by atoms with Crippen LogP contribution in [0.1, 0.15) is 0 Å². The van der Waals surface area contributed by atoms with Crippen LogP contribution in [-0.2, 0) is 0 Å². The van der Waals surface area contributed by atoms with Crippen LogP contribution >= 0.6 is 43.2 Å². The van der Waals surface area contributed by atoms with Crippen molar-refractivity contribution in [2.24, 2.45) is 0 Å². The van der Waals surface area contributed by atoms with E-state index >= 15 is 0 Å². The van der Waals surface area contributed by atoms with Gasteiger partial charge < -0.3 is 0 Å². The number of nitro groups is 1. The zero-order valence-electron chi connectivity index (χ0n) is 6.66. The molecule has 0 aliphatic heterocycles. The first-order chi connectivity index (χ1) is 6.61. The molecule has 0 spiro atoms. The SMILES string of the molecule is O=[N+]([O-])c1c(Br)cc2ccsc2c1Br. The first-order valence-corrected chi connectivity index (χ1v) is 6.07. The van der Waals surface area contributed by atoms with E-state index in [9.17, 15) is 10.1 Å². The maximum Gasteiger partial charge on any atom is 0.299 e. The van der Waals surface area contributed by atoms with Crippen LogP contribution in [0.15, 0.2) is 26.5 Å². The molecular formula is C8H3Br2NO2S. The van der Waals surface area contributed by atoms with Gasteiger partial charge in [0.2, 0.25) is 0 Å². The molecule has 0 atom stereocenters. The minimum Gasteiger partial charge on any atom is -0.258 e. The van der Waals surface area contributed by atoms with E-state index in [1.807, 2.05) is 11.4 Å². The van der Waals surface area contributed by atoms with Crippen molar-refractivity contribution < 1.29 is 4.92 Å². The monoisotopic (exact) mass is 335 g/mol. The molecule has 6 heteroatoms. The Morgan fingerprint density at radius 3 is 2.79 bits per heavy atom. The van der Waals surface area contributed by atoms with Gasteiger partial charge in [0.05, 0.1) is 14.1 Å². The van der Waals surface area contributed by atoms with Crippen LogP contribution in [0.25, 0.3) is 10.1 Å². The fourth-order valence-electron chi connectivity index (χ4n) is 1.20. The molecule has 0 aliphatic rings. The highest BCUT2D eigenvalue weighted by molar-refractivity contribution is 9.11. The molecule has 2 aromatic rings. The molecule has 1 aromatic carbocycles. The fraction of sp³-hybridized carbons (Fsp3) is 0. The third kappa shape index (κ3) is 1.47. The van der Waals surface area contributed by atoms with E-state index in [0.29, 0.717) is 8.95 Å². The molecule has 0 aliphatic carbocycles. The molecule has 72 valence electrons. The summed E-state index contributed by atoms with van der Waals surface area (Å²) in [7, 11) is 0. The van der Waals surface area contributed by atoms with Crippen molar-refractivity contribution in [3.63, 3.8) is 0 Å². The quantitative estimate of drug-likeness (QED) is 0.574. The molecular weight excluding hydrogens is 334 g/mol. The topological polar surface area (TPSA) is 43.1 Å². The predicted octanol–water partition coefficient (Wildman–Crippen LogP) is 4.33. The zero-order valence-corrected chi connectivity index (χ0v) is 10.6. The number of fused-ring (bicyclic) bond motifs is 1. The van der Waals surface area contributed by atoms with Crippen LogP contribution in [0.5, 0.6) is 0 Å². The van der Waals surface area contributed by atoms with Gasteiger partial charge in [-0.15, -0.1) is 11.3 Å². The summed E-state index contributed by atoms with van der Waals surface area (Å²) in [6.07, 6.45) is 0. The molecule has 2 rings (SSSR count). The molecule has 0 saturated carbocycles. The highest BCUT2D eigenvalue weighted by atomic mass is 79.9. The Hall–Kier alpha value is -0.460. The van der Waals surface area contributed by atoms with Gasteiger partial charge in [0.1, 0.15) is 4.47 Å². The zero-order chi connectivity index (χ0) is 10.3. The minimum atomic E-state index is -0.396. The van der Waals surface area contributed by atoms with Crippen LogP contribution in [0, 0.1) is 10.1 Å². The van der Waals surface area contributed by atoms with Gasteiger partial charge in [-0.05, 0) is 54.8 Å². The summed E-state index contributed by atoms with van der Waals surface area (Å²) < 4.78 is 1.95. The second-order valence-corrected chi connectivity index (χ2v) is 5.18. The molecule has 0 saturated heterocycles. The van der Waals surface area contributed by atoms with E-state index in [0.717, 1.165) is 10.1 Å². The lowest BCUT2D eigenvalue weighted by molar-refractivity contribution is -0.386. The molecule has 1 aromatic heterocycles. The van der Waals surface area contributed by atoms with Gasteiger partial charge in [-0.1, -0.05) is 0 Å². The van der Waals surface area contributed by atoms with Crippen LogP contribution in [0.4, 0.5) is 5.69 Å².